The molecule has 0 aromatic heterocycles. The molecule has 1 unspecified atom stereocenters. The number of ketones is 1. The van der Waals surface area contributed by atoms with Crippen molar-refractivity contribution >= 4 is 11.8 Å². The molecule has 0 saturated carbocycles. The molecule has 0 aliphatic heterocycles. The van der Waals surface area contributed by atoms with E-state index in [9.17, 15) is 9.59 Å². The molecule has 1 aliphatic rings. The minimum Gasteiger partial charge on any atom is -0.497 e. The first-order valence-electron chi connectivity index (χ1n) is 5.44. The van der Waals surface area contributed by atoms with E-state index < -0.39 is 11.4 Å². The number of fused-ring (bicyclic) bond motifs is 1. The maximum absolute atomic E-state index is 12.2. The average molecular weight is 234 g/mol. The van der Waals surface area contributed by atoms with Crippen LogP contribution in [0.15, 0.2) is 18.2 Å². The van der Waals surface area contributed by atoms with E-state index in [0.717, 1.165) is 5.56 Å². The van der Waals surface area contributed by atoms with Crippen molar-refractivity contribution in [1.82, 2.24) is 0 Å². The number of hydrogen-bond donors (Lipinski definition) is 1. The lowest BCUT2D eigenvalue weighted by Crippen LogP contribution is -2.40. The van der Waals surface area contributed by atoms with Crippen LogP contribution in [0.4, 0.5) is 0 Å². The van der Waals surface area contributed by atoms with Gasteiger partial charge in [-0.2, -0.15) is 0 Å². The molecular weight excluding hydrogens is 220 g/mol. The molecule has 0 bridgehead atoms. The highest BCUT2D eigenvalue weighted by Crippen LogP contribution is 2.36. The van der Waals surface area contributed by atoms with Gasteiger partial charge in [-0.3, -0.25) is 9.59 Å². The summed E-state index contributed by atoms with van der Waals surface area (Å²) in [7, 11) is 1.52. The number of carboxylic acids is 1. The van der Waals surface area contributed by atoms with Gasteiger partial charge in [0.1, 0.15) is 11.2 Å². The monoisotopic (exact) mass is 234 g/mol. The zero-order valence-corrected chi connectivity index (χ0v) is 9.82. The van der Waals surface area contributed by atoms with Crippen molar-refractivity contribution in [2.24, 2.45) is 5.41 Å². The molecule has 0 heterocycles. The second-order valence-corrected chi connectivity index (χ2v) is 4.49. The van der Waals surface area contributed by atoms with E-state index in [2.05, 4.69) is 0 Å². The SMILES string of the molecule is COc1ccc2c(c1)C(=O)C(C)(C(=O)O)CC2. The maximum atomic E-state index is 12.2. The van der Waals surface area contributed by atoms with E-state index in [-0.39, 0.29) is 5.78 Å². The molecule has 0 saturated heterocycles. The van der Waals surface area contributed by atoms with Crippen molar-refractivity contribution in [2.45, 2.75) is 19.8 Å². The Bertz CT molecular complexity index is 492. The Balaban J connectivity index is 2.51. The van der Waals surface area contributed by atoms with Gasteiger partial charge in [0.25, 0.3) is 0 Å². The lowest BCUT2D eigenvalue weighted by Gasteiger charge is -2.29. The first kappa shape index (κ1) is 11.6. The van der Waals surface area contributed by atoms with Crippen LogP contribution in [0.3, 0.4) is 0 Å². The Labute approximate surface area is 99.2 Å². The first-order chi connectivity index (χ1) is 7.99. The lowest BCUT2D eigenvalue weighted by molar-refractivity contribution is -0.145. The quantitative estimate of drug-likeness (QED) is 0.794. The minimum absolute atomic E-state index is 0.329. The van der Waals surface area contributed by atoms with E-state index in [1.807, 2.05) is 6.07 Å². The van der Waals surface area contributed by atoms with Crippen LogP contribution in [-0.4, -0.2) is 24.0 Å². The Morgan fingerprint density at radius 2 is 2.18 bits per heavy atom. The minimum atomic E-state index is -1.31. The zero-order valence-electron chi connectivity index (χ0n) is 9.82. The van der Waals surface area contributed by atoms with Crippen molar-refractivity contribution in [2.75, 3.05) is 7.11 Å². The highest BCUT2D eigenvalue weighted by atomic mass is 16.5. The third-order valence-corrected chi connectivity index (χ3v) is 3.43. The molecule has 4 heteroatoms. The Morgan fingerprint density at radius 3 is 2.76 bits per heavy atom. The van der Waals surface area contributed by atoms with Crippen LogP contribution < -0.4 is 4.74 Å². The van der Waals surface area contributed by atoms with Crippen molar-refractivity contribution in [3.8, 4) is 5.75 Å². The highest BCUT2D eigenvalue weighted by molar-refractivity contribution is 6.13. The predicted octanol–water partition coefficient (Wildman–Crippen LogP) is 1.91. The average Bonchev–Trinajstić information content (AvgIpc) is 2.33. The Kier molecular flexibility index (Phi) is 2.65. The van der Waals surface area contributed by atoms with E-state index in [1.165, 1.54) is 14.0 Å². The maximum Gasteiger partial charge on any atom is 0.317 e. The van der Waals surface area contributed by atoms with E-state index in [0.29, 0.717) is 24.2 Å². The summed E-state index contributed by atoms with van der Waals surface area (Å²) in [6, 6.07) is 5.24. The predicted molar refractivity (Wildman–Crippen MR) is 61.4 cm³/mol. The molecule has 0 amide bonds. The third kappa shape index (κ3) is 1.69. The molecule has 4 nitrogen and oxygen atoms in total. The van der Waals surface area contributed by atoms with Gasteiger partial charge in [-0.25, -0.2) is 0 Å². The van der Waals surface area contributed by atoms with Crippen LogP contribution in [0, 0.1) is 5.41 Å². The summed E-state index contributed by atoms with van der Waals surface area (Å²) in [5.41, 5.74) is 0.0642. The molecule has 1 aromatic carbocycles. The number of benzene rings is 1. The molecule has 17 heavy (non-hydrogen) atoms. The molecule has 1 atom stereocenters. The number of carboxylic acid groups (broad SMARTS) is 1. The fraction of sp³-hybridized carbons (Fsp3) is 0.385. The molecule has 0 fully saturated rings. The van der Waals surface area contributed by atoms with Crippen molar-refractivity contribution in [1.29, 1.82) is 0 Å². The zero-order chi connectivity index (χ0) is 12.6. The van der Waals surface area contributed by atoms with E-state index in [4.69, 9.17) is 9.84 Å². The van der Waals surface area contributed by atoms with E-state index >= 15 is 0 Å². The van der Waals surface area contributed by atoms with Gasteiger partial charge in [0.15, 0.2) is 5.78 Å². The molecule has 1 aromatic rings. The first-order valence-corrected chi connectivity index (χ1v) is 5.44. The topological polar surface area (TPSA) is 63.6 Å². The fourth-order valence-corrected chi connectivity index (χ4v) is 2.11. The van der Waals surface area contributed by atoms with Gasteiger partial charge < -0.3 is 9.84 Å². The fourth-order valence-electron chi connectivity index (χ4n) is 2.11. The number of aryl methyl sites for hydroxylation is 1. The number of ether oxygens (including phenoxy) is 1. The number of aliphatic carboxylic acids is 1. The van der Waals surface area contributed by atoms with Crippen LogP contribution >= 0.6 is 0 Å². The second-order valence-electron chi connectivity index (χ2n) is 4.49. The third-order valence-electron chi connectivity index (χ3n) is 3.43. The number of carbonyl (C=O) groups excluding carboxylic acids is 1. The van der Waals surface area contributed by atoms with Crippen molar-refractivity contribution in [3.63, 3.8) is 0 Å². The normalized spacial score (nSPS) is 23.1. The van der Waals surface area contributed by atoms with Crippen LogP contribution in [0.2, 0.25) is 0 Å². The standard InChI is InChI=1S/C13H14O4/c1-13(12(15)16)6-5-8-3-4-9(17-2)7-10(8)11(13)14/h3-4,7H,5-6H2,1-2H3,(H,15,16). The van der Waals surface area contributed by atoms with Crippen LogP contribution in [0.25, 0.3) is 0 Å². The van der Waals surface area contributed by atoms with Gasteiger partial charge in [0.2, 0.25) is 0 Å². The Hall–Kier alpha value is -1.84. The number of Topliss-reactive ketones (excluding diaryl/α,β-unsaturated/α-hetero) is 1. The van der Waals surface area contributed by atoms with Gasteiger partial charge in [0.05, 0.1) is 7.11 Å². The van der Waals surface area contributed by atoms with Crippen LogP contribution in [0.5, 0.6) is 5.75 Å². The highest BCUT2D eigenvalue weighted by Gasteiger charge is 2.44. The summed E-state index contributed by atoms with van der Waals surface area (Å²) in [6.45, 7) is 1.49. The van der Waals surface area contributed by atoms with Crippen molar-refractivity contribution < 1.29 is 19.4 Å². The van der Waals surface area contributed by atoms with Crippen molar-refractivity contribution in [3.05, 3.63) is 29.3 Å². The van der Waals surface area contributed by atoms with Crippen LogP contribution in [-0.2, 0) is 11.2 Å². The summed E-state index contributed by atoms with van der Waals surface area (Å²) >= 11 is 0. The van der Waals surface area contributed by atoms with Gasteiger partial charge in [-0.1, -0.05) is 6.07 Å². The molecule has 1 N–H and O–H groups in total. The van der Waals surface area contributed by atoms with Gasteiger partial charge in [-0.15, -0.1) is 0 Å². The molecule has 90 valence electrons. The molecule has 1 aliphatic carbocycles. The summed E-state index contributed by atoms with van der Waals surface area (Å²) in [5, 5.41) is 9.17. The smallest absolute Gasteiger partial charge is 0.317 e. The van der Waals surface area contributed by atoms with Gasteiger partial charge in [-0.05, 0) is 37.5 Å². The number of rotatable bonds is 2. The summed E-state index contributed by atoms with van der Waals surface area (Å²) < 4.78 is 5.06. The Morgan fingerprint density at radius 1 is 1.47 bits per heavy atom. The largest absolute Gasteiger partial charge is 0.497 e. The van der Waals surface area contributed by atoms with Crippen LogP contribution in [0.1, 0.15) is 29.3 Å². The number of methoxy groups -OCH3 is 1. The second kappa shape index (κ2) is 3.87. The summed E-state index contributed by atoms with van der Waals surface area (Å²) in [4.78, 5) is 23.4. The summed E-state index contributed by atoms with van der Waals surface area (Å²) in [5.74, 6) is -0.812. The molecule has 0 radical (unpaired) electrons. The molecule has 2 rings (SSSR count). The molecular formula is C13H14O4. The van der Waals surface area contributed by atoms with Gasteiger partial charge >= 0.3 is 5.97 Å². The number of carbonyl (C=O) groups is 2. The molecule has 0 spiro atoms. The summed E-state index contributed by atoms with van der Waals surface area (Å²) in [6.07, 6.45) is 0.953. The van der Waals surface area contributed by atoms with Gasteiger partial charge in [0, 0.05) is 5.56 Å². The number of hydrogen-bond acceptors (Lipinski definition) is 3. The van der Waals surface area contributed by atoms with E-state index in [1.54, 1.807) is 12.1 Å². The lowest BCUT2D eigenvalue weighted by atomic mass is 9.72.